The minimum Gasteiger partial charge on any atom is -0.395 e. The second kappa shape index (κ2) is 8.62. The summed E-state index contributed by atoms with van der Waals surface area (Å²) < 4.78 is 25.5. The van der Waals surface area contributed by atoms with Crippen LogP contribution in [-0.4, -0.2) is 75.2 Å². The molecule has 0 bridgehead atoms. The van der Waals surface area contributed by atoms with Crippen LogP contribution in [0.1, 0.15) is 18.5 Å². The SMILES string of the molecule is CS(=O)(=O)N1CCC[C@H](Cc2nc(NCCO)ncc2-c2cnc3[nH]ccc3n2)C1. The highest BCUT2D eigenvalue weighted by Crippen LogP contribution is 2.28. The molecule has 160 valence electrons. The Hall–Kier alpha value is -2.63. The van der Waals surface area contributed by atoms with Crippen LogP contribution in [0.15, 0.2) is 24.7 Å². The molecule has 3 N–H and O–H groups in total. The van der Waals surface area contributed by atoms with Crippen molar-refractivity contribution in [1.82, 2.24) is 29.2 Å². The second-order valence-electron chi connectivity index (χ2n) is 7.50. The average Bonchev–Trinajstić information content (AvgIpc) is 3.20. The van der Waals surface area contributed by atoms with E-state index in [1.54, 1.807) is 22.9 Å². The van der Waals surface area contributed by atoms with E-state index in [1.807, 2.05) is 6.07 Å². The van der Waals surface area contributed by atoms with Crippen molar-refractivity contribution in [2.24, 2.45) is 5.92 Å². The maximum absolute atomic E-state index is 12.0. The molecule has 1 aliphatic rings. The summed E-state index contributed by atoms with van der Waals surface area (Å²) in [5, 5.41) is 12.1. The fraction of sp³-hybridized carbons (Fsp3) is 0.474. The Morgan fingerprint density at radius 3 is 2.97 bits per heavy atom. The summed E-state index contributed by atoms with van der Waals surface area (Å²) in [5.74, 6) is 0.575. The second-order valence-corrected chi connectivity index (χ2v) is 9.49. The molecule has 0 saturated carbocycles. The van der Waals surface area contributed by atoms with Gasteiger partial charge in [-0.3, -0.25) is 0 Å². The summed E-state index contributed by atoms with van der Waals surface area (Å²) in [4.78, 5) is 21.1. The van der Waals surface area contributed by atoms with Gasteiger partial charge in [0, 0.05) is 37.6 Å². The number of aliphatic hydroxyl groups is 1. The normalized spacial score (nSPS) is 18.0. The Kier molecular flexibility index (Phi) is 5.93. The molecule has 3 aromatic heterocycles. The molecule has 1 aliphatic heterocycles. The number of aliphatic hydroxyl groups excluding tert-OH is 1. The van der Waals surface area contributed by atoms with E-state index in [9.17, 15) is 8.42 Å². The third kappa shape index (κ3) is 4.58. The number of aromatic nitrogens is 5. The Balaban J connectivity index is 1.66. The highest BCUT2D eigenvalue weighted by atomic mass is 32.2. The van der Waals surface area contributed by atoms with Crippen molar-refractivity contribution in [2.45, 2.75) is 19.3 Å². The molecule has 30 heavy (non-hydrogen) atoms. The number of piperidine rings is 1. The van der Waals surface area contributed by atoms with Crippen LogP contribution in [0, 0.1) is 5.92 Å². The van der Waals surface area contributed by atoms with Gasteiger partial charge >= 0.3 is 0 Å². The number of fused-ring (bicyclic) bond motifs is 1. The Labute approximate surface area is 174 Å². The summed E-state index contributed by atoms with van der Waals surface area (Å²) in [7, 11) is -3.22. The van der Waals surface area contributed by atoms with E-state index in [2.05, 4.69) is 30.2 Å². The Bertz CT molecular complexity index is 1130. The maximum Gasteiger partial charge on any atom is 0.222 e. The lowest BCUT2D eigenvalue weighted by Gasteiger charge is -2.31. The number of rotatable bonds is 7. The summed E-state index contributed by atoms with van der Waals surface area (Å²) >= 11 is 0. The molecule has 0 amide bonds. The lowest BCUT2D eigenvalue weighted by Crippen LogP contribution is -2.40. The number of sulfonamides is 1. The molecule has 3 aromatic rings. The summed E-state index contributed by atoms with van der Waals surface area (Å²) in [5.41, 5.74) is 3.69. The minimum atomic E-state index is -3.22. The number of hydrogen-bond donors (Lipinski definition) is 3. The van der Waals surface area contributed by atoms with E-state index in [4.69, 9.17) is 5.11 Å². The number of nitrogens with one attached hydrogen (secondary N) is 2. The number of hydrogen-bond acceptors (Lipinski definition) is 8. The Morgan fingerprint density at radius 1 is 1.30 bits per heavy atom. The van der Waals surface area contributed by atoms with Gasteiger partial charge in [-0.1, -0.05) is 0 Å². The lowest BCUT2D eigenvalue weighted by atomic mass is 9.92. The van der Waals surface area contributed by atoms with E-state index < -0.39 is 10.0 Å². The van der Waals surface area contributed by atoms with E-state index >= 15 is 0 Å². The van der Waals surface area contributed by atoms with Gasteiger partial charge in [0.05, 0.1) is 30.4 Å². The van der Waals surface area contributed by atoms with Gasteiger partial charge in [-0.15, -0.1) is 0 Å². The lowest BCUT2D eigenvalue weighted by molar-refractivity contribution is 0.265. The predicted molar refractivity (Wildman–Crippen MR) is 113 cm³/mol. The van der Waals surface area contributed by atoms with Crippen LogP contribution >= 0.6 is 0 Å². The molecule has 0 aliphatic carbocycles. The molecular weight excluding hydrogens is 406 g/mol. The van der Waals surface area contributed by atoms with E-state index in [0.29, 0.717) is 43.3 Å². The maximum atomic E-state index is 12.0. The molecule has 1 saturated heterocycles. The average molecular weight is 432 g/mol. The minimum absolute atomic E-state index is 0.0258. The van der Waals surface area contributed by atoms with Gasteiger partial charge in [0.2, 0.25) is 16.0 Å². The topological polar surface area (TPSA) is 137 Å². The van der Waals surface area contributed by atoms with Crippen molar-refractivity contribution in [3.05, 3.63) is 30.4 Å². The van der Waals surface area contributed by atoms with Crippen LogP contribution < -0.4 is 5.32 Å². The van der Waals surface area contributed by atoms with E-state index in [-0.39, 0.29) is 12.5 Å². The highest BCUT2D eigenvalue weighted by Gasteiger charge is 2.27. The van der Waals surface area contributed by atoms with Crippen LogP contribution in [0.5, 0.6) is 0 Å². The number of H-pyrrole nitrogens is 1. The molecule has 0 spiro atoms. The fourth-order valence-corrected chi connectivity index (χ4v) is 4.71. The molecule has 1 atom stereocenters. The zero-order chi connectivity index (χ0) is 21.1. The first-order valence-electron chi connectivity index (χ1n) is 9.90. The van der Waals surface area contributed by atoms with E-state index in [0.717, 1.165) is 29.6 Å². The van der Waals surface area contributed by atoms with Crippen molar-refractivity contribution >= 4 is 27.1 Å². The standard InChI is InChI=1S/C19H25N7O3S/c1-30(28,29)26-7-2-3-13(12-26)9-16-14(10-23-19(25-16)21-6-8-27)17-11-22-18-15(24-17)4-5-20-18/h4-5,10-11,13,27H,2-3,6-9,12H2,1H3,(H,20,22)(H,21,23,25)/t13-/m1/s1. The first-order valence-corrected chi connectivity index (χ1v) is 11.7. The van der Waals surface area contributed by atoms with Gasteiger partial charge in [-0.2, -0.15) is 0 Å². The zero-order valence-corrected chi connectivity index (χ0v) is 17.6. The summed E-state index contributed by atoms with van der Waals surface area (Å²) in [6.07, 6.45) is 8.79. The molecule has 0 radical (unpaired) electrons. The zero-order valence-electron chi connectivity index (χ0n) is 16.7. The third-order valence-corrected chi connectivity index (χ3v) is 6.50. The van der Waals surface area contributed by atoms with Crippen LogP contribution in [0.3, 0.4) is 0 Å². The predicted octanol–water partition coefficient (Wildman–Crippen LogP) is 1.03. The number of nitrogens with zero attached hydrogens (tertiary/aromatic N) is 5. The van der Waals surface area contributed by atoms with E-state index in [1.165, 1.54) is 6.26 Å². The molecule has 4 rings (SSSR count). The quantitative estimate of drug-likeness (QED) is 0.504. The monoisotopic (exact) mass is 431 g/mol. The molecule has 10 nitrogen and oxygen atoms in total. The van der Waals surface area contributed by atoms with Crippen LogP contribution in [0.25, 0.3) is 22.4 Å². The molecule has 11 heteroatoms. The van der Waals surface area contributed by atoms with Crippen molar-refractivity contribution in [2.75, 3.05) is 37.8 Å². The summed E-state index contributed by atoms with van der Waals surface area (Å²) in [6, 6.07) is 1.86. The highest BCUT2D eigenvalue weighted by molar-refractivity contribution is 7.88. The van der Waals surface area contributed by atoms with Gasteiger partial charge in [0.15, 0.2) is 5.65 Å². The van der Waals surface area contributed by atoms with Gasteiger partial charge in [0.1, 0.15) is 5.52 Å². The number of anilines is 1. The molecule has 4 heterocycles. The van der Waals surface area contributed by atoms with Crippen molar-refractivity contribution in [3.63, 3.8) is 0 Å². The Morgan fingerprint density at radius 2 is 2.17 bits per heavy atom. The summed E-state index contributed by atoms with van der Waals surface area (Å²) in [6.45, 7) is 1.36. The van der Waals surface area contributed by atoms with Gasteiger partial charge in [0.25, 0.3) is 0 Å². The third-order valence-electron chi connectivity index (χ3n) is 5.23. The molecule has 1 fully saturated rings. The van der Waals surface area contributed by atoms with Crippen LogP contribution in [0.2, 0.25) is 0 Å². The number of aromatic amines is 1. The largest absolute Gasteiger partial charge is 0.395 e. The van der Waals surface area contributed by atoms with Crippen molar-refractivity contribution in [1.29, 1.82) is 0 Å². The molecular formula is C19H25N7O3S. The smallest absolute Gasteiger partial charge is 0.222 e. The van der Waals surface area contributed by atoms with Crippen LogP contribution in [0.4, 0.5) is 5.95 Å². The first kappa shape index (κ1) is 20.6. The first-order chi connectivity index (χ1) is 14.4. The molecule has 0 aromatic carbocycles. The van der Waals surface area contributed by atoms with Gasteiger partial charge in [-0.25, -0.2) is 32.7 Å². The van der Waals surface area contributed by atoms with Crippen molar-refractivity contribution in [3.8, 4) is 11.3 Å². The van der Waals surface area contributed by atoms with Gasteiger partial charge in [-0.05, 0) is 31.2 Å². The molecule has 0 unspecified atom stereocenters. The van der Waals surface area contributed by atoms with Crippen molar-refractivity contribution < 1.29 is 13.5 Å². The fourth-order valence-electron chi connectivity index (χ4n) is 3.77. The van der Waals surface area contributed by atoms with Gasteiger partial charge < -0.3 is 15.4 Å². The van der Waals surface area contributed by atoms with Crippen LogP contribution in [-0.2, 0) is 16.4 Å².